The molecule has 0 atom stereocenters. The van der Waals surface area contributed by atoms with E-state index < -0.39 is 6.67 Å². The number of nitrogens with one attached hydrogen (secondary N) is 1. The van der Waals surface area contributed by atoms with Crippen LogP contribution in [0.15, 0.2) is 30.6 Å². The quantitative estimate of drug-likeness (QED) is 0.471. The van der Waals surface area contributed by atoms with Gasteiger partial charge in [-0.3, -0.25) is 4.90 Å². The third-order valence-corrected chi connectivity index (χ3v) is 7.28. The summed E-state index contributed by atoms with van der Waals surface area (Å²) in [5.74, 6) is 1.42. The number of hydrogen-bond acceptors (Lipinski definition) is 7. The van der Waals surface area contributed by atoms with Crippen LogP contribution in [-0.4, -0.2) is 90.9 Å². The molecule has 5 heterocycles. The Morgan fingerprint density at radius 1 is 1.09 bits per heavy atom. The smallest absolute Gasteiger partial charge is 0.241 e. The fourth-order valence-electron chi connectivity index (χ4n) is 5.17. The number of likely N-dealkylation sites (N-methyl/N-ethyl adjacent to an activating group) is 1. The molecule has 178 valence electrons. The zero-order valence-electron chi connectivity index (χ0n) is 19.7. The molecule has 1 aliphatic carbocycles. The predicted octanol–water partition coefficient (Wildman–Crippen LogP) is 2.61. The lowest BCUT2D eigenvalue weighted by molar-refractivity contribution is 0.0656. The number of halogens is 1. The van der Waals surface area contributed by atoms with Gasteiger partial charge >= 0.3 is 0 Å². The van der Waals surface area contributed by atoms with E-state index in [1.807, 2.05) is 46.6 Å². The standard InChI is InChI=1S/C24H30FN9/c1-16-27-21-4-3-20(29-23(21)33(16)8-6-25)19-5-7-34-22(19)15-26-24(30-34)28-17-13-18(14-17)32-11-9-31(2)10-12-32/h3-5,7,15,17-18H,6,8-14H2,1-2H3,(H,28,30)/t17-,18+. The number of hydrogen-bond donors (Lipinski definition) is 1. The Labute approximate surface area is 197 Å². The van der Waals surface area contributed by atoms with Crippen molar-refractivity contribution in [2.75, 3.05) is 45.2 Å². The maximum atomic E-state index is 13.0. The van der Waals surface area contributed by atoms with Crippen molar-refractivity contribution in [1.82, 2.24) is 38.9 Å². The number of alkyl halides is 1. The van der Waals surface area contributed by atoms with Crippen LogP contribution in [0.3, 0.4) is 0 Å². The average molecular weight is 464 g/mol. The molecule has 34 heavy (non-hydrogen) atoms. The van der Waals surface area contributed by atoms with Crippen LogP contribution in [0.5, 0.6) is 0 Å². The summed E-state index contributed by atoms with van der Waals surface area (Å²) in [5, 5.41) is 8.19. The van der Waals surface area contributed by atoms with Gasteiger partial charge in [-0.25, -0.2) is 23.9 Å². The van der Waals surface area contributed by atoms with Crippen LogP contribution in [0.2, 0.25) is 0 Å². The van der Waals surface area contributed by atoms with Gasteiger partial charge in [0.1, 0.15) is 18.0 Å². The Kier molecular flexibility index (Phi) is 5.41. The van der Waals surface area contributed by atoms with Gasteiger partial charge in [-0.05, 0) is 45.0 Å². The second kappa shape index (κ2) is 8.59. The molecule has 9 nitrogen and oxygen atoms in total. The number of pyridine rings is 1. The lowest BCUT2D eigenvalue weighted by Gasteiger charge is -2.46. The third-order valence-electron chi connectivity index (χ3n) is 7.28. The normalized spacial score (nSPS) is 21.9. The third kappa shape index (κ3) is 3.80. The first-order valence-corrected chi connectivity index (χ1v) is 12.0. The second-order valence-corrected chi connectivity index (χ2v) is 9.49. The molecule has 2 aliphatic rings. The van der Waals surface area contributed by atoms with Crippen molar-refractivity contribution in [2.24, 2.45) is 0 Å². The largest absolute Gasteiger partial charge is 0.350 e. The van der Waals surface area contributed by atoms with Gasteiger partial charge in [-0.1, -0.05) is 0 Å². The van der Waals surface area contributed by atoms with Crippen molar-refractivity contribution in [3.63, 3.8) is 0 Å². The van der Waals surface area contributed by atoms with Crippen molar-refractivity contribution < 1.29 is 4.39 Å². The fourth-order valence-corrected chi connectivity index (χ4v) is 5.17. The second-order valence-electron chi connectivity index (χ2n) is 9.49. The lowest BCUT2D eigenvalue weighted by atomic mass is 9.85. The fraction of sp³-hybridized carbons (Fsp3) is 0.500. The molecule has 1 N–H and O–H groups in total. The summed E-state index contributed by atoms with van der Waals surface area (Å²) in [4.78, 5) is 18.9. The van der Waals surface area contributed by atoms with E-state index >= 15 is 0 Å². The molecule has 0 amide bonds. The minimum absolute atomic E-state index is 0.254. The van der Waals surface area contributed by atoms with Gasteiger partial charge in [-0.15, -0.1) is 5.10 Å². The SMILES string of the molecule is Cc1nc2ccc(-c3ccn4nc(N[C@H]5C[C@@H](N6CCN(C)CC6)C5)ncc34)nc2n1CCF. The minimum Gasteiger partial charge on any atom is -0.350 e. The number of piperazine rings is 1. The van der Waals surface area contributed by atoms with Crippen LogP contribution in [0.4, 0.5) is 10.3 Å². The van der Waals surface area contributed by atoms with Crippen LogP contribution in [-0.2, 0) is 6.54 Å². The van der Waals surface area contributed by atoms with Gasteiger partial charge in [0.2, 0.25) is 5.95 Å². The zero-order chi connectivity index (χ0) is 23.2. The Bertz CT molecular complexity index is 1310. The predicted molar refractivity (Wildman–Crippen MR) is 130 cm³/mol. The van der Waals surface area contributed by atoms with Crippen LogP contribution in [0.25, 0.3) is 27.9 Å². The Morgan fingerprint density at radius 2 is 1.91 bits per heavy atom. The summed E-state index contributed by atoms with van der Waals surface area (Å²) in [6.07, 6.45) is 6.05. The maximum absolute atomic E-state index is 13.0. The van der Waals surface area contributed by atoms with Gasteiger partial charge in [0, 0.05) is 50.0 Å². The highest BCUT2D eigenvalue weighted by molar-refractivity contribution is 5.82. The molecule has 2 fully saturated rings. The van der Waals surface area contributed by atoms with Gasteiger partial charge in [0.15, 0.2) is 5.65 Å². The van der Waals surface area contributed by atoms with E-state index in [2.05, 4.69) is 37.2 Å². The van der Waals surface area contributed by atoms with Crippen molar-refractivity contribution in [3.8, 4) is 11.3 Å². The van der Waals surface area contributed by atoms with Gasteiger partial charge < -0.3 is 14.8 Å². The maximum Gasteiger partial charge on any atom is 0.241 e. The van der Waals surface area contributed by atoms with Crippen molar-refractivity contribution >= 4 is 22.6 Å². The van der Waals surface area contributed by atoms with Crippen molar-refractivity contribution in [2.45, 2.75) is 38.4 Å². The zero-order valence-corrected chi connectivity index (χ0v) is 19.7. The van der Waals surface area contributed by atoms with E-state index in [1.54, 1.807) is 0 Å². The lowest BCUT2D eigenvalue weighted by Crippen LogP contribution is -2.55. The number of aromatic nitrogens is 6. The summed E-state index contributed by atoms with van der Waals surface area (Å²) >= 11 is 0. The van der Waals surface area contributed by atoms with Crippen LogP contribution < -0.4 is 5.32 Å². The molecular formula is C24H30FN9. The summed E-state index contributed by atoms with van der Waals surface area (Å²) < 4.78 is 16.7. The molecule has 4 aromatic rings. The monoisotopic (exact) mass is 463 g/mol. The first-order chi connectivity index (χ1) is 16.6. The van der Waals surface area contributed by atoms with Gasteiger partial charge in [0.25, 0.3) is 0 Å². The molecule has 1 saturated carbocycles. The molecule has 0 aromatic carbocycles. The summed E-state index contributed by atoms with van der Waals surface area (Å²) in [6, 6.07) is 6.97. The molecule has 10 heteroatoms. The van der Waals surface area contributed by atoms with Crippen LogP contribution in [0.1, 0.15) is 18.7 Å². The van der Waals surface area contributed by atoms with E-state index in [0.29, 0.717) is 23.7 Å². The average Bonchev–Trinajstić information content (AvgIpc) is 3.37. The van der Waals surface area contributed by atoms with E-state index in [1.165, 1.54) is 0 Å². The molecule has 1 saturated heterocycles. The van der Waals surface area contributed by atoms with Gasteiger partial charge in [0.05, 0.1) is 24.0 Å². The number of imidazole rings is 1. The molecule has 0 unspecified atom stereocenters. The van der Waals surface area contributed by atoms with E-state index in [9.17, 15) is 4.39 Å². The number of aryl methyl sites for hydroxylation is 2. The Hall–Kier alpha value is -3.11. The molecule has 0 bridgehead atoms. The molecule has 4 aromatic heterocycles. The number of anilines is 1. The van der Waals surface area contributed by atoms with Gasteiger partial charge in [-0.2, -0.15) is 0 Å². The van der Waals surface area contributed by atoms with Crippen molar-refractivity contribution in [1.29, 1.82) is 0 Å². The molecular weight excluding hydrogens is 433 g/mol. The molecule has 6 rings (SSSR count). The van der Waals surface area contributed by atoms with E-state index in [0.717, 1.165) is 67.1 Å². The van der Waals surface area contributed by atoms with Crippen molar-refractivity contribution in [3.05, 3.63) is 36.4 Å². The summed E-state index contributed by atoms with van der Waals surface area (Å²) in [6.45, 7) is 6.32. The molecule has 0 spiro atoms. The summed E-state index contributed by atoms with van der Waals surface area (Å²) in [5.41, 5.74) is 4.10. The number of fused-ring (bicyclic) bond motifs is 2. The Morgan fingerprint density at radius 3 is 2.71 bits per heavy atom. The molecule has 0 radical (unpaired) electrons. The van der Waals surface area contributed by atoms with E-state index in [-0.39, 0.29) is 6.54 Å². The summed E-state index contributed by atoms with van der Waals surface area (Å²) in [7, 11) is 2.19. The minimum atomic E-state index is -0.450. The van der Waals surface area contributed by atoms with Crippen LogP contribution in [0, 0.1) is 6.92 Å². The molecule has 1 aliphatic heterocycles. The topological polar surface area (TPSA) is 79.4 Å². The number of nitrogens with zero attached hydrogens (tertiary/aromatic N) is 8. The Balaban J connectivity index is 1.18. The highest BCUT2D eigenvalue weighted by Crippen LogP contribution is 2.30. The number of rotatable bonds is 6. The first kappa shape index (κ1) is 21.4. The first-order valence-electron chi connectivity index (χ1n) is 12.0. The van der Waals surface area contributed by atoms with E-state index in [4.69, 9.17) is 4.98 Å². The highest BCUT2D eigenvalue weighted by Gasteiger charge is 2.35. The highest BCUT2D eigenvalue weighted by atomic mass is 19.1. The van der Waals surface area contributed by atoms with Crippen LogP contribution >= 0.6 is 0 Å².